The number of imidazole rings is 1. The number of ether oxygens (including phenoxy) is 4. The van der Waals surface area contributed by atoms with Crippen molar-refractivity contribution in [2.45, 2.75) is 0 Å². The van der Waals surface area contributed by atoms with Gasteiger partial charge in [0.25, 0.3) is 0 Å². The lowest BCUT2D eigenvalue weighted by molar-refractivity contribution is 0.448. The van der Waals surface area contributed by atoms with Crippen LogP contribution in [0, 0.1) is 0 Å². The molecule has 0 atom stereocenters. The number of benzene rings is 5. The third-order valence-electron chi connectivity index (χ3n) is 9.07. The van der Waals surface area contributed by atoms with E-state index in [0.29, 0.717) is 52.2 Å². The van der Waals surface area contributed by atoms with Crippen LogP contribution >= 0.6 is 0 Å². The molecule has 0 unspecified atom stereocenters. The first-order valence-electron chi connectivity index (χ1n) is 17.8. The van der Waals surface area contributed by atoms with Crippen LogP contribution in [-0.4, -0.2) is 34.1 Å². The zero-order valence-electron chi connectivity index (χ0n) is 29.5. The molecule has 0 bridgehead atoms. The summed E-state index contributed by atoms with van der Waals surface area (Å²) in [6.45, 7) is 0. The van der Waals surface area contributed by atoms with Gasteiger partial charge in [0.1, 0.15) is 40.8 Å². The summed E-state index contributed by atoms with van der Waals surface area (Å²) in [4.78, 5) is 22.9. The van der Waals surface area contributed by atoms with Gasteiger partial charge < -0.3 is 18.9 Å². The molecule has 56 heavy (non-hydrogen) atoms. The minimum Gasteiger partial charge on any atom is -0.457 e. The molecule has 0 spiro atoms. The Kier molecular flexibility index (Phi) is 8.19. The molecule has 11 nitrogen and oxygen atoms in total. The summed E-state index contributed by atoms with van der Waals surface area (Å²) in [6.07, 6.45) is 8.76. The van der Waals surface area contributed by atoms with Gasteiger partial charge in [-0.2, -0.15) is 0 Å². The number of pyridine rings is 2. The molecule has 10 aromatic rings. The van der Waals surface area contributed by atoms with Crippen molar-refractivity contribution >= 4 is 32.8 Å². The number of nitrogens with zero attached hydrogens (tertiary/aromatic N) is 7. The van der Waals surface area contributed by atoms with Crippen molar-refractivity contribution in [1.29, 1.82) is 0 Å². The summed E-state index contributed by atoms with van der Waals surface area (Å²) in [5, 5.41) is 1.98. The minimum atomic E-state index is 0.476. The van der Waals surface area contributed by atoms with Crippen LogP contribution in [0.15, 0.2) is 177 Å². The van der Waals surface area contributed by atoms with E-state index in [1.54, 1.807) is 43.2 Å². The van der Waals surface area contributed by atoms with E-state index in [2.05, 4.69) is 15.0 Å². The smallest absolute Gasteiger partial charge is 0.234 e. The molecule has 0 radical (unpaired) electrons. The Morgan fingerprint density at radius 1 is 0.393 bits per heavy atom. The fourth-order valence-electron chi connectivity index (χ4n) is 6.57. The summed E-state index contributed by atoms with van der Waals surface area (Å²) in [5.74, 6) is 5.15. The van der Waals surface area contributed by atoms with Crippen molar-refractivity contribution in [2.75, 3.05) is 0 Å². The number of hydrogen-bond donors (Lipinski definition) is 0. The standard InChI is InChI=1S/C45H29N7O4/c1-2-14-40-39(13-1)50-29-51(40)30-27-48-45(49-28-30)52-41-25-35(53-31-9-7-11-33(23-31)55-43-15-3-5-21-46-43)17-19-37(41)38-20-18-36(26-42(38)52)54-32-10-8-12-34(24-32)56-44-16-4-6-22-47-44/h1-29H. The highest BCUT2D eigenvalue weighted by Gasteiger charge is 2.18. The summed E-state index contributed by atoms with van der Waals surface area (Å²) >= 11 is 0. The molecule has 0 aliphatic heterocycles. The third-order valence-corrected chi connectivity index (χ3v) is 9.07. The van der Waals surface area contributed by atoms with Crippen LogP contribution in [0.5, 0.6) is 46.3 Å². The minimum absolute atomic E-state index is 0.476. The highest BCUT2D eigenvalue weighted by Crippen LogP contribution is 2.38. The maximum Gasteiger partial charge on any atom is 0.234 e. The van der Waals surface area contributed by atoms with E-state index in [0.717, 1.165) is 38.5 Å². The summed E-state index contributed by atoms with van der Waals surface area (Å²) in [5.41, 5.74) is 4.34. The van der Waals surface area contributed by atoms with E-state index < -0.39 is 0 Å². The number of rotatable bonds is 10. The molecule has 0 N–H and O–H groups in total. The van der Waals surface area contributed by atoms with Crippen molar-refractivity contribution in [3.8, 4) is 57.9 Å². The number of aromatic nitrogens is 7. The van der Waals surface area contributed by atoms with Crippen molar-refractivity contribution in [2.24, 2.45) is 0 Å². The van der Waals surface area contributed by atoms with Crippen molar-refractivity contribution in [3.05, 3.63) is 177 Å². The molecule has 0 amide bonds. The fraction of sp³-hybridized carbons (Fsp3) is 0. The van der Waals surface area contributed by atoms with E-state index in [1.165, 1.54) is 0 Å². The molecule has 10 rings (SSSR count). The second-order valence-corrected chi connectivity index (χ2v) is 12.7. The quantitative estimate of drug-likeness (QED) is 0.136. The van der Waals surface area contributed by atoms with Gasteiger partial charge in [-0.25, -0.2) is 24.9 Å². The first-order chi connectivity index (χ1) is 27.7. The molecule has 0 saturated heterocycles. The second-order valence-electron chi connectivity index (χ2n) is 12.7. The summed E-state index contributed by atoms with van der Waals surface area (Å²) in [7, 11) is 0. The predicted octanol–water partition coefficient (Wildman–Crippen LogP) is 10.9. The van der Waals surface area contributed by atoms with Crippen LogP contribution in [0.3, 0.4) is 0 Å². The topological polar surface area (TPSA) is 111 Å². The predicted molar refractivity (Wildman–Crippen MR) is 213 cm³/mol. The van der Waals surface area contributed by atoms with Crippen LogP contribution in [-0.2, 0) is 0 Å². The van der Waals surface area contributed by atoms with E-state index in [4.69, 9.17) is 28.9 Å². The Morgan fingerprint density at radius 3 is 1.46 bits per heavy atom. The maximum atomic E-state index is 6.41. The monoisotopic (exact) mass is 731 g/mol. The van der Waals surface area contributed by atoms with Gasteiger partial charge in [-0.3, -0.25) is 9.13 Å². The zero-order valence-corrected chi connectivity index (χ0v) is 29.5. The Morgan fingerprint density at radius 2 is 0.911 bits per heavy atom. The summed E-state index contributed by atoms with van der Waals surface area (Å²) < 4.78 is 28.7. The number of fused-ring (bicyclic) bond motifs is 4. The molecular weight excluding hydrogens is 703 g/mol. The lowest BCUT2D eigenvalue weighted by atomic mass is 10.1. The Labute approximate surface area is 319 Å². The van der Waals surface area contributed by atoms with Crippen LogP contribution in [0.1, 0.15) is 0 Å². The van der Waals surface area contributed by atoms with Gasteiger partial charge in [0.05, 0.1) is 40.1 Å². The Bertz CT molecular complexity index is 2840. The molecule has 11 heteroatoms. The van der Waals surface area contributed by atoms with Crippen LogP contribution in [0.25, 0.3) is 44.5 Å². The largest absolute Gasteiger partial charge is 0.457 e. The molecule has 0 fully saturated rings. The van der Waals surface area contributed by atoms with E-state index in [1.807, 2.05) is 143 Å². The van der Waals surface area contributed by atoms with Crippen LogP contribution < -0.4 is 18.9 Å². The summed E-state index contributed by atoms with van der Waals surface area (Å²) in [6, 6.07) is 45.9. The molecule has 268 valence electrons. The van der Waals surface area contributed by atoms with Gasteiger partial charge in [0, 0.05) is 59.6 Å². The fourth-order valence-corrected chi connectivity index (χ4v) is 6.57. The molecule has 0 aliphatic rings. The van der Waals surface area contributed by atoms with Crippen molar-refractivity contribution in [1.82, 2.24) is 34.1 Å². The normalized spacial score (nSPS) is 11.2. The average Bonchev–Trinajstić information content (AvgIpc) is 3.81. The highest BCUT2D eigenvalue weighted by atomic mass is 16.5. The number of hydrogen-bond acceptors (Lipinski definition) is 9. The SMILES string of the molecule is c1ccc(Oc2cccc(Oc3ccc4c5ccc(Oc6cccc(Oc7ccccn7)c6)cc5n(-c5ncc(-n6cnc7ccccc76)cn5)c4c3)c2)nc1. The second kappa shape index (κ2) is 14.1. The molecule has 0 saturated carbocycles. The Balaban J connectivity index is 1.03. The van der Waals surface area contributed by atoms with Crippen LogP contribution in [0.4, 0.5) is 0 Å². The zero-order chi connectivity index (χ0) is 37.3. The van der Waals surface area contributed by atoms with Gasteiger partial charge in [-0.05, 0) is 72.8 Å². The van der Waals surface area contributed by atoms with Gasteiger partial charge in [0.15, 0.2) is 0 Å². The molecule has 5 aromatic heterocycles. The first-order valence-corrected chi connectivity index (χ1v) is 17.8. The lowest BCUT2D eigenvalue weighted by Gasteiger charge is -2.11. The van der Waals surface area contributed by atoms with Crippen molar-refractivity contribution in [3.63, 3.8) is 0 Å². The molecule has 0 aliphatic carbocycles. The van der Waals surface area contributed by atoms with Crippen molar-refractivity contribution < 1.29 is 18.9 Å². The highest BCUT2D eigenvalue weighted by molar-refractivity contribution is 6.09. The maximum absolute atomic E-state index is 6.41. The van der Waals surface area contributed by atoms with E-state index in [-0.39, 0.29) is 0 Å². The van der Waals surface area contributed by atoms with Gasteiger partial charge in [-0.1, -0.05) is 36.4 Å². The Hall–Kier alpha value is -8.05. The molecule has 5 aromatic carbocycles. The van der Waals surface area contributed by atoms with Gasteiger partial charge >= 0.3 is 0 Å². The molecular formula is C45H29N7O4. The first kappa shape index (κ1) is 32.6. The molecule has 5 heterocycles. The average molecular weight is 732 g/mol. The van der Waals surface area contributed by atoms with E-state index in [9.17, 15) is 0 Å². The van der Waals surface area contributed by atoms with Crippen LogP contribution in [0.2, 0.25) is 0 Å². The van der Waals surface area contributed by atoms with E-state index >= 15 is 0 Å². The van der Waals surface area contributed by atoms with Gasteiger partial charge in [-0.15, -0.1) is 0 Å². The third kappa shape index (κ3) is 6.45. The number of para-hydroxylation sites is 2. The van der Waals surface area contributed by atoms with Gasteiger partial charge in [0.2, 0.25) is 17.7 Å². The lowest BCUT2D eigenvalue weighted by Crippen LogP contribution is -2.03.